The Labute approximate surface area is 189 Å². The zero-order chi connectivity index (χ0) is 22.6. The first kappa shape index (κ1) is 20.4. The van der Waals surface area contributed by atoms with E-state index < -0.39 is 0 Å². The number of benzene rings is 2. The summed E-state index contributed by atoms with van der Waals surface area (Å²) in [5, 5.41) is 13.6. The van der Waals surface area contributed by atoms with Crippen LogP contribution in [0.15, 0.2) is 48.9 Å². The van der Waals surface area contributed by atoms with Gasteiger partial charge in [-0.2, -0.15) is 4.98 Å². The van der Waals surface area contributed by atoms with Crippen molar-refractivity contribution in [3.63, 3.8) is 0 Å². The number of aromatic amines is 1. The molecule has 1 aliphatic heterocycles. The van der Waals surface area contributed by atoms with Gasteiger partial charge < -0.3 is 29.6 Å². The van der Waals surface area contributed by atoms with Crippen molar-refractivity contribution in [1.29, 1.82) is 0 Å². The van der Waals surface area contributed by atoms with Gasteiger partial charge in [0.05, 0.1) is 19.8 Å². The fraction of sp³-hybridized carbons (Fsp3) is 0.182. The fourth-order valence-electron chi connectivity index (χ4n) is 3.31. The average molecular weight is 447 g/mol. The standard InChI is InChI=1S/C22H21N7O4/c1-30-15-7-14(8-16(10-15)31-2)25-20-17(11-23-12-24-20)21-27-22(29-28-21)26-13-3-4-18-19(9-13)33-6-5-32-18/h3-4,7-12H,5-6H2,1-2H3,(H,23,24,25)(H2,26,27,28,29). The number of anilines is 4. The highest BCUT2D eigenvalue weighted by Crippen LogP contribution is 2.34. The zero-order valence-corrected chi connectivity index (χ0v) is 18.0. The summed E-state index contributed by atoms with van der Waals surface area (Å²) in [7, 11) is 3.19. The summed E-state index contributed by atoms with van der Waals surface area (Å²) in [5.41, 5.74) is 2.15. The van der Waals surface area contributed by atoms with Gasteiger partial charge in [-0.1, -0.05) is 0 Å². The van der Waals surface area contributed by atoms with Gasteiger partial charge in [-0.25, -0.2) is 9.97 Å². The first-order valence-corrected chi connectivity index (χ1v) is 10.1. The summed E-state index contributed by atoms with van der Waals surface area (Å²) in [4.78, 5) is 13.0. The third-order valence-electron chi connectivity index (χ3n) is 4.87. The van der Waals surface area contributed by atoms with Crippen LogP contribution in [-0.4, -0.2) is 52.6 Å². The van der Waals surface area contributed by atoms with Gasteiger partial charge in [0.15, 0.2) is 17.3 Å². The molecule has 0 atom stereocenters. The molecule has 0 saturated carbocycles. The molecule has 4 aromatic rings. The summed E-state index contributed by atoms with van der Waals surface area (Å²) in [6.45, 7) is 1.06. The molecule has 2 aromatic heterocycles. The van der Waals surface area contributed by atoms with E-state index in [0.717, 1.165) is 11.4 Å². The molecule has 2 aromatic carbocycles. The number of aromatic nitrogens is 5. The largest absolute Gasteiger partial charge is 0.497 e. The number of hydrogen-bond donors (Lipinski definition) is 3. The zero-order valence-electron chi connectivity index (χ0n) is 18.0. The Morgan fingerprint density at radius 1 is 0.909 bits per heavy atom. The molecule has 0 aliphatic carbocycles. The highest BCUT2D eigenvalue weighted by Gasteiger charge is 2.15. The minimum absolute atomic E-state index is 0.388. The van der Waals surface area contributed by atoms with Crippen LogP contribution in [0.3, 0.4) is 0 Å². The van der Waals surface area contributed by atoms with E-state index >= 15 is 0 Å². The SMILES string of the molecule is COc1cc(Nc2ncncc2-c2nc(Nc3ccc4c(c3)OCCO4)n[nH]2)cc(OC)c1. The molecule has 0 spiro atoms. The molecule has 11 nitrogen and oxygen atoms in total. The second-order valence-corrected chi connectivity index (χ2v) is 7.00. The Kier molecular flexibility index (Phi) is 5.50. The summed E-state index contributed by atoms with van der Waals surface area (Å²) in [6, 6.07) is 11.0. The molecule has 1 aliphatic rings. The quantitative estimate of drug-likeness (QED) is 0.387. The number of fused-ring (bicyclic) bond motifs is 1. The molecule has 0 unspecified atom stereocenters. The van der Waals surface area contributed by atoms with Crippen LogP contribution < -0.4 is 29.6 Å². The molecule has 0 saturated heterocycles. The maximum absolute atomic E-state index is 5.63. The maximum Gasteiger partial charge on any atom is 0.246 e. The second-order valence-electron chi connectivity index (χ2n) is 7.00. The summed E-state index contributed by atoms with van der Waals surface area (Å²) >= 11 is 0. The first-order valence-electron chi connectivity index (χ1n) is 10.1. The van der Waals surface area contributed by atoms with E-state index in [0.29, 0.717) is 59.4 Å². The molecule has 3 N–H and O–H groups in total. The van der Waals surface area contributed by atoms with E-state index in [1.807, 2.05) is 30.3 Å². The van der Waals surface area contributed by atoms with Gasteiger partial charge in [-0.05, 0) is 12.1 Å². The van der Waals surface area contributed by atoms with Crippen LogP contribution in [0.2, 0.25) is 0 Å². The van der Waals surface area contributed by atoms with Crippen LogP contribution in [0.4, 0.5) is 23.1 Å². The van der Waals surface area contributed by atoms with Crippen molar-refractivity contribution in [1.82, 2.24) is 25.1 Å². The molecule has 168 valence electrons. The van der Waals surface area contributed by atoms with Gasteiger partial charge in [-0.15, -0.1) is 5.10 Å². The molecule has 3 heterocycles. The lowest BCUT2D eigenvalue weighted by molar-refractivity contribution is 0.171. The molecule has 0 fully saturated rings. The normalized spacial score (nSPS) is 12.2. The van der Waals surface area contributed by atoms with Crippen molar-refractivity contribution in [3.05, 3.63) is 48.9 Å². The minimum atomic E-state index is 0.388. The van der Waals surface area contributed by atoms with E-state index in [9.17, 15) is 0 Å². The van der Waals surface area contributed by atoms with Gasteiger partial charge >= 0.3 is 0 Å². The molecule has 11 heteroatoms. The van der Waals surface area contributed by atoms with Gasteiger partial charge in [0, 0.05) is 41.8 Å². The number of H-pyrrole nitrogens is 1. The van der Waals surface area contributed by atoms with Crippen LogP contribution in [-0.2, 0) is 0 Å². The molecule has 0 radical (unpaired) electrons. The van der Waals surface area contributed by atoms with Crippen LogP contribution >= 0.6 is 0 Å². The topological polar surface area (TPSA) is 128 Å². The molecule has 0 amide bonds. The van der Waals surface area contributed by atoms with Crippen LogP contribution in [0.25, 0.3) is 11.4 Å². The lowest BCUT2D eigenvalue weighted by atomic mass is 10.2. The Balaban J connectivity index is 1.38. The van der Waals surface area contributed by atoms with Gasteiger partial charge in [0.25, 0.3) is 0 Å². The van der Waals surface area contributed by atoms with Crippen molar-refractivity contribution in [2.24, 2.45) is 0 Å². The Morgan fingerprint density at radius 2 is 1.70 bits per heavy atom. The lowest BCUT2D eigenvalue weighted by Crippen LogP contribution is -2.15. The number of nitrogens with zero attached hydrogens (tertiary/aromatic N) is 4. The highest BCUT2D eigenvalue weighted by atomic mass is 16.6. The predicted octanol–water partition coefficient (Wildman–Crippen LogP) is 3.54. The molecule has 5 rings (SSSR count). The van der Waals surface area contributed by atoms with Gasteiger partial charge in [-0.3, -0.25) is 5.10 Å². The van der Waals surface area contributed by atoms with E-state index in [1.165, 1.54) is 6.33 Å². The predicted molar refractivity (Wildman–Crippen MR) is 121 cm³/mol. The number of ether oxygens (including phenoxy) is 4. The highest BCUT2D eigenvalue weighted by molar-refractivity contribution is 5.75. The fourth-order valence-corrected chi connectivity index (χ4v) is 3.31. The average Bonchev–Trinajstić information content (AvgIpc) is 3.32. The van der Waals surface area contributed by atoms with Crippen LogP contribution in [0, 0.1) is 0 Å². The molecular weight excluding hydrogens is 426 g/mol. The van der Waals surface area contributed by atoms with Crippen molar-refractivity contribution in [2.45, 2.75) is 0 Å². The van der Waals surface area contributed by atoms with Gasteiger partial charge in [0.2, 0.25) is 5.95 Å². The molecule has 33 heavy (non-hydrogen) atoms. The third kappa shape index (κ3) is 4.42. The van der Waals surface area contributed by atoms with Crippen LogP contribution in [0.5, 0.6) is 23.0 Å². The molecular formula is C22H21N7O4. The Bertz CT molecular complexity index is 1260. The van der Waals surface area contributed by atoms with Crippen LogP contribution in [0.1, 0.15) is 0 Å². The first-order chi connectivity index (χ1) is 16.2. The number of methoxy groups -OCH3 is 2. The minimum Gasteiger partial charge on any atom is -0.497 e. The Morgan fingerprint density at radius 3 is 2.48 bits per heavy atom. The monoisotopic (exact) mass is 447 g/mol. The summed E-state index contributed by atoms with van der Waals surface area (Å²) in [5.74, 6) is 4.12. The van der Waals surface area contributed by atoms with E-state index in [1.54, 1.807) is 26.5 Å². The number of nitrogens with one attached hydrogen (secondary N) is 3. The van der Waals surface area contributed by atoms with E-state index in [-0.39, 0.29) is 0 Å². The Hall–Kier alpha value is -4.54. The smallest absolute Gasteiger partial charge is 0.246 e. The number of rotatable bonds is 7. The third-order valence-corrected chi connectivity index (χ3v) is 4.87. The summed E-state index contributed by atoms with van der Waals surface area (Å²) in [6.07, 6.45) is 3.11. The molecule has 0 bridgehead atoms. The van der Waals surface area contributed by atoms with Crippen molar-refractivity contribution < 1.29 is 18.9 Å². The van der Waals surface area contributed by atoms with Crippen molar-refractivity contribution in [3.8, 4) is 34.4 Å². The maximum atomic E-state index is 5.63. The van der Waals surface area contributed by atoms with Crippen molar-refractivity contribution in [2.75, 3.05) is 38.1 Å². The van der Waals surface area contributed by atoms with E-state index in [4.69, 9.17) is 18.9 Å². The number of hydrogen-bond acceptors (Lipinski definition) is 10. The van der Waals surface area contributed by atoms with Crippen molar-refractivity contribution >= 4 is 23.1 Å². The summed E-state index contributed by atoms with van der Waals surface area (Å²) < 4.78 is 21.9. The van der Waals surface area contributed by atoms with E-state index in [2.05, 4.69) is 35.8 Å². The van der Waals surface area contributed by atoms with Gasteiger partial charge in [0.1, 0.15) is 36.9 Å². The second kappa shape index (κ2) is 8.91. The lowest BCUT2D eigenvalue weighted by Gasteiger charge is -2.18.